The molecule has 0 radical (unpaired) electrons. The average molecular weight is 290 g/mol. The van der Waals surface area contributed by atoms with Crippen molar-refractivity contribution in [1.29, 1.82) is 0 Å². The van der Waals surface area contributed by atoms with Crippen LogP contribution in [-0.4, -0.2) is 64.6 Å². The Labute approximate surface area is 124 Å². The van der Waals surface area contributed by atoms with Crippen molar-refractivity contribution in [3.63, 3.8) is 0 Å². The molecule has 1 aliphatic heterocycles. The monoisotopic (exact) mass is 290 g/mol. The summed E-state index contributed by atoms with van der Waals surface area (Å²) in [5.41, 5.74) is 2.54. The van der Waals surface area contributed by atoms with Crippen molar-refractivity contribution in [2.45, 2.75) is 13.2 Å². The zero-order valence-corrected chi connectivity index (χ0v) is 12.6. The quantitative estimate of drug-likeness (QED) is 0.805. The van der Waals surface area contributed by atoms with E-state index in [1.807, 2.05) is 17.5 Å². The maximum absolute atomic E-state index is 9.75. The maximum Gasteiger partial charge on any atom is 0.211 e. The highest BCUT2D eigenvalue weighted by atomic mass is 16.3. The van der Waals surface area contributed by atoms with Gasteiger partial charge in [0.1, 0.15) is 5.65 Å². The van der Waals surface area contributed by atoms with E-state index in [0.717, 1.165) is 49.2 Å². The number of fused-ring (bicyclic) bond motifs is 1. The number of nitrogens with one attached hydrogen (secondary N) is 1. The van der Waals surface area contributed by atoms with Gasteiger partial charge in [0, 0.05) is 38.9 Å². The van der Waals surface area contributed by atoms with Crippen molar-refractivity contribution < 1.29 is 5.11 Å². The van der Waals surface area contributed by atoms with Crippen LogP contribution in [0.4, 0.5) is 5.95 Å². The van der Waals surface area contributed by atoms with Gasteiger partial charge in [0.15, 0.2) is 0 Å². The lowest BCUT2D eigenvalue weighted by atomic mass is 10.3. The first-order valence-corrected chi connectivity index (χ1v) is 7.28. The maximum atomic E-state index is 9.75. The van der Waals surface area contributed by atoms with Crippen LogP contribution in [0.5, 0.6) is 0 Å². The fourth-order valence-electron chi connectivity index (χ4n) is 2.78. The predicted molar refractivity (Wildman–Crippen MR) is 81.4 cm³/mol. The Kier molecular flexibility index (Phi) is 4.05. The van der Waals surface area contributed by atoms with Crippen molar-refractivity contribution >= 4 is 11.6 Å². The number of hydrogen-bond acceptors (Lipinski definition) is 6. The highest BCUT2D eigenvalue weighted by molar-refractivity contribution is 5.50. The van der Waals surface area contributed by atoms with E-state index in [-0.39, 0.29) is 6.61 Å². The fourth-order valence-corrected chi connectivity index (χ4v) is 2.78. The summed E-state index contributed by atoms with van der Waals surface area (Å²) in [7, 11) is 4.01. The summed E-state index contributed by atoms with van der Waals surface area (Å²) in [4.78, 5) is 13.7. The normalized spacial score (nSPS) is 16.8. The number of aliphatic hydroxyl groups excluding tert-OH is 1. The van der Waals surface area contributed by atoms with Gasteiger partial charge in [-0.1, -0.05) is 0 Å². The standard InChI is InChI=1S/C14H22N6O/c1-15-9-11-12(10-21)20-13(17-11)3-4-16-14(20)19-7-5-18(2)6-8-19/h3-4,15,21H,5-10H2,1-2H3. The van der Waals surface area contributed by atoms with Gasteiger partial charge < -0.3 is 20.2 Å². The first kappa shape index (κ1) is 14.2. The first-order chi connectivity index (χ1) is 10.2. The first-order valence-electron chi connectivity index (χ1n) is 7.28. The van der Waals surface area contributed by atoms with Gasteiger partial charge in [0.25, 0.3) is 0 Å². The van der Waals surface area contributed by atoms with Crippen LogP contribution in [-0.2, 0) is 13.2 Å². The Morgan fingerprint density at radius 1 is 1.29 bits per heavy atom. The van der Waals surface area contributed by atoms with E-state index in [2.05, 4.69) is 32.1 Å². The molecule has 1 fully saturated rings. The van der Waals surface area contributed by atoms with Gasteiger partial charge in [-0.05, 0) is 20.2 Å². The number of hydrogen-bond donors (Lipinski definition) is 2. The number of likely N-dealkylation sites (N-methyl/N-ethyl adjacent to an activating group) is 1. The summed E-state index contributed by atoms with van der Waals surface area (Å²) >= 11 is 0. The molecule has 0 aliphatic carbocycles. The smallest absolute Gasteiger partial charge is 0.211 e. The minimum Gasteiger partial charge on any atom is -0.390 e. The number of imidazole rings is 1. The molecule has 0 bridgehead atoms. The molecule has 114 valence electrons. The highest BCUT2D eigenvalue weighted by Crippen LogP contribution is 2.21. The highest BCUT2D eigenvalue weighted by Gasteiger charge is 2.21. The van der Waals surface area contributed by atoms with Gasteiger partial charge in [-0.3, -0.25) is 4.40 Å². The van der Waals surface area contributed by atoms with Crippen molar-refractivity contribution in [2.24, 2.45) is 0 Å². The molecular weight excluding hydrogens is 268 g/mol. The van der Waals surface area contributed by atoms with Crippen molar-refractivity contribution in [3.05, 3.63) is 23.7 Å². The Hall–Kier alpha value is -1.70. The van der Waals surface area contributed by atoms with E-state index in [1.165, 1.54) is 0 Å². The van der Waals surface area contributed by atoms with Gasteiger partial charge in [-0.15, -0.1) is 0 Å². The molecule has 1 aliphatic rings. The summed E-state index contributed by atoms with van der Waals surface area (Å²) in [6, 6.07) is 1.89. The molecule has 0 saturated carbocycles. The van der Waals surface area contributed by atoms with Gasteiger partial charge >= 0.3 is 0 Å². The van der Waals surface area contributed by atoms with E-state index in [4.69, 9.17) is 0 Å². The second kappa shape index (κ2) is 5.97. The van der Waals surface area contributed by atoms with Crippen LogP contribution >= 0.6 is 0 Å². The largest absolute Gasteiger partial charge is 0.390 e. The van der Waals surface area contributed by atoms with E-state index in [9.17, 15) is 5.11 Å². The zero-order valence-electron chi connectivity index (χ0n) is 12.6. The Bertz CT molecular complexity index is 617. The third kappa shape index (κ3) is 2.59. The molecule has 0 spiro atoms. The molecule has 3 rings (SSSR count). The van der Waals surface area contributed by atoms with Crippen LogP contribution in [0, 0.1) is 0 Å². The summed E-state index contributed by atoms with van der Waals surface area (Å²) in [6.45, 7) is 4.51. The van der Waals surface area contributed by atoms with Gasteiger partial charge in [-0.2, -0.15) is 0 Å². The Morgan fingerprint density at radius 3 is 2.71 bits per heavy atom. The van der Waals surface area contributed by atoms with Crippen molar-refractivity contribution in [2.75, 3.05) is 45.2 Å². The molecular formula is C14H22N6O. The third-order valence-electron chi connectivity index (χ3n) is 3.98. The predicted octanol–water partition coefficient (Wildman–Crippen LogP) is -0.307. The van der Waals surface area contributed by atoms with Crippen LogP contribution in [0.1, 0.15) is 11.4 Å². The molecule has 21 heavy (non-hydrogen) atoms. The van der Waals surface area contributed by atoms with E-state index in [1.54, 1.807) is 6.20 Å². The van der Waals surface area contributed by atoms with Gasteiger partial charge in [-0.25, -0.2) is 9.97 Å². The number of aromatic nitrogens is 3. The van der Waals surface area contributed by atoms with E-state index >= 15 is 0 Å². The lowest BCUT2D eigenvalue weighted by Crippen LogP contribution is -2.45. The second-order valence-corrected chi connectivity index (χ2v) is 5.42. The summed E-state index contributed by atoms with van der Waals surface area (Å²) in [5.74, 6) is 0.875. The van der Waals surface area contributed by atoms with Crippen LogP contribution in [0.2, 0.25) is 0 Å². The van der Waals surface area contributed by atoms with Crippen molar-refractivity contribution in [3.8, 4) is 0 Å². The lowest BCUT2D eigenvalue weighted by molar-refractivity contribution is 0.273. The van der Waals surface area contributed by atoms with Crippen LogP contribution < -0.4 is 10.2 Å². The molecule has 2 aromatic heterocycles. The molecule has 3 heterocycles. The average Bonchev–Trinajstić information content (AvgIpc) is 2.85. The minimum absolute atomic E-state index is 0.0371. The number of piperazine rings is 1. The second-order valence-electron chi connectivity index (χ2n) is 5.42. The van der Waals surface area contributed by atoms with E-state index < -0.39 is 0 Å². The minimum atomic E-state index is -0.0371. The Morgan fingerprint density at radius 2 is 2.05 bits per heavy atom. The topological polar surface area (TPSA) is 68.9 Å². The number of aliphatic hydroxyl groups is 1. The van der Waals surface area contributed by atoms with Gasteiger partial charge in [0.2, 0.25) is 5.95 Å². The van der Waals surface area contributed by atoms with E-state index in [0.29, 0.717) is 6.54 Å². The SMILES string of the molecule is CNCc1nc2ccnc(N3CCN(C)CC3)n2c1CO. The van der Waals surface area contributed by atoms with Crippen LogP contribution in [0.25, 0.3) is 5.65 Å². The molecule has 0 amide bonds. The summed E-state index contributed by atoms with van der Waals surface area (Å²) < 4.78 is 1.98. The number of nitrogens with zero attached hydrogens (tertiary/aromatic N) is 5. The molecule has 0 aromatic carbocycles. The Balaban J connectivity index is 2.05. The molecule has 2 N–H and O–H groups in total. The fraction of sp³-hybridized carbons (Fsp3) is 0.571. The molecule has 7 nitrogen and oxygen atoms in total. The lowest BCUT2D eigenvalue weighted by Gasteiger charge is -2.33. The molecule has 1 saturated heterocycles. The third-order valence-corrected chi connectivity index (χ3v) is 3.98. The van der Waals surface area contributed by atoms with Gasteiger partial charge in [0.05, 0.1) is 18.0 Å². The number of rotatable bonds is 4. The summed E-state index contributed by atoms with van der Waals surface area (Å²) in [5, 5.41) is 12.9. The number of anilines is 1. The molecule has 2 aromatic rings. The molecule has 7 heteroatoms. The summed E-state index contributed by atoms with van der Waals surface area (Å²) in [6.07, 6.45) is 1.79. The molecule has 0 atom stereocenters. The van der Waals surface area contributed by atoms with Crippen LogP contribution in [0.3, 0.4) is 0 Å². The molecule has 0 unspecified atom stereocenters. The zero-order chi connectivity index (χ0) is 14.8. The van der Waals surface area contributed by atoms with Crippen LogP contribution in [0.15, 0.2) is 12.3 Å². The van der Waals surface area contributed by atoms with Crippen molar-refractivity contribution in [1.82, 2.24) is 24.6 Å².